The summed E-state index contributed by atoms with van der Waals surface area (Å²) in [6.07, 6.45) is 2.56. The van der Waals surface area contributed by atoms with E-state index in [2.05, 4.69) is 30.9 Å². The van der Waals surface area contributed by atoms with E-state index in [0.29, 0.717) is 0 Å². The highest BCUT2D eigenvalue weighted by atomic mass is 35.5. The van der Waals surface area contributed by atoms with Gasteiger partial charge in [-0.25, -0.2) is 0 Å². The van der Waals surface area contributed by atoms with Gasteiger partial charge >= 0.3 is 0 Å². The van der Waals surface area contributed by atoms with Crippen molar-refractivity contribution in [2.45, 2.75) is 31.6 Å². The van der Waals surface area contributed by atoms with Crippen LogP contribution >= 0.6 is 24.2 Å². The molecule has 1 aliphatic rings. The minimum absolute atomic E-state index is 0. The Morgan fingerprint density at radius 1 is 1.25 bits per heavy atom. The van der Waals surface area contributed by atoms with Crippen molar-refractivity contribution in [3.63, 3.8) is 0 Å². The van der Waals surface area contributed by atoms with Crippen LogP contribution in [0.1, 0.15) is 37.0 Å². The highest BCUT2D eigenvalue weighted by Crippen LogP contribution is 2.20. The molecule has 0 N–H and O–H groups in total. The van der Waals surface area contributed by atoms with E-state index < -0.39 is 0 Å². The maximum atomic E-state index is 12.4. The molecule has 1 saturated heterocycles. The molecule has 1 atom stereocenters. The maximum absolute atomic E-state index is 12.4. The normalized spacial score (nSPS) is 16.7. The number of nitrogens with zero attached hydrogens (tertiary/aromatic N) is 1. The lowest BCUT2D eigenvalue weighted by molar-refractivity contribution is 0.0903. The van der Waals surface area contributed by atoms with E-state index in [9.17, 15) is 4.79 Å². The van der Waals surface area contributed by atoms with Gasteiger partial charge in [0.15, 0.2) is 5.78 Å². The number of likely N-dealkylation sites (tertiary alicyclic amines) is 1. The van der Waals surface area contributed by atoms with Crippen molar-refractivity contribution in [1.82, 2.24) is 4.90 Å². The monoisotopic (exact) mass is 313 g/mol. The molecule has 0 radical (unpaired) electrons. The SMILES string of the molecule is CCSc1ccc(C(=O)C(C)CN2CCCC2)cc1.Cl. The van der Waals surface area contributed by atoms with Crippen molar-refractivity contribution in [2.24, 2.45) is 5.92 Å². The average molecular weight is 314 g/mol. The van der Waals surface area contributed by atoms with Gasteiger partial charge in [-0.3, -0.25) is 4.79 Å². The van der Waals surface area contributed by atoms with Gasteiger partial charge in [0.2, 0.25) is 0 Å². The molecule has 1 aromatic carbocycles. The van der Waals surface area contributed by atoms with Crippen LogP contribution < -0.4 is 0 Å². The predicted molar refractivity (Wildman–Crippen MR) is 89.3 cm³/mol. The molecule has 2 nitrogen and oxygen atoms in total. The molecular formula is C16H24ClNOS. The lowest BCUT2D eigenvalue weighted by atomic mass is 9.99. The molecular weight excluding hydrogens is 290 g/mol. The second-order valence-electron chi connectivity index (χ2n) is 5.23. The number of carbonyl (C=O) groups is 1. The number of rotatable bonds is 6. The summed E-state index contributed by atoms with van der Waals surface area (Å²) in [6, 6.07) is 8.07. The molecule has 0 bridgehead atoms. The highest BCUT2D eigenvalue weighted by Gasteiger charge is 2.20. The van der Waals surface area contributed by atoms with Gasteiger partial charge in [0, 0.05) is 22.9 Å². The fourth-order valence-corrected chi connectivity index (χ4v) is 3.26. The summed E-state index contributed by atoms with van der Waals surface area (Å²) < 4.78 is 0. The fraction of sp³-hybridized carbons (Fsp3) is 0.562. The standard InChI is InChI=1S/C16H23NOS.ClH/c1-3-19-15-8-6-14(7-9-15)16(18)13(2)12-17-10-4-5-11-17;/h6-9,13H,3-5,10-12H2,1-2H3;1H. The Balaban J connectivity index is 0.00000200. The van der Waals surface area contributed by atoms with Gasteiger partial charge in [-0.1, -0.05) is 26.0 Å². The Bertz CT molecular complexity index is 415. The predicted octanol–water partition coefficient (Wildman–Crippen LogP) is 4.14. The molecule has 0 spiro atoms. The molecule has 1 fully saturated rings. The molecule has 1 unspecified atom stereocenters. The third-order valence-corrected chi connectivity index (χ3v) is 4.52. The van der Waals surface area contributed by atoms with Crippen LogP contribution in [0, 0.1) is 5.92 Å². The third kappa shape index (κ3) is 4.80. The molecule has 0 aromatic heterocycles. The first-order valence-corrected chi connectivity index (χ1v) is 8.18. The Hall–Kier alpha value is -0.510. The number of benzene rings is 1. The molecule has 1 heterocycles. The van der Waals surface area contributed by atoms with Crippen LogP contribution in [-0.4, -0.2) is 36.1 Å². The lowest BCUT2D eigenvalue weighted by Gasteiger charge is -2.19. The molecule has 1 aromatic rings. The number of Topliss-reactive ketones (excluding diaryl/α,β-unsaturated/α-hetero) is 1. The largest absolute Gasteiger partial charge is 0.303 e. The summed E-state index contributed by atoms with van der Waals surface area (Å²) >= 11 is 1.81. The van der Waals surface area contributed by atoms with Crippen LogP contribution in [0.15, 0.2) is 29.2 Å². The van der Waals surface area contributed by atoms with Crippen LogP contribution in [0.4, 0.5) is 0 Å². The van der Waals surface area contributed by atoms with Gasteiger partial charge in [-0.15, -0.1) is 24.2 Å². The second-order valence-corrected chi connectivity index (χ2v) is 6.57. The van der Waals surface area contributed by atoms with Gasteiger partial charge in [-0.2, -0.15) is 0 Å². The highest BCUT2D eigenvalue weighted by molar-refractivity contribution is 7.99. The second kappa shape index (κ2) is 8.71. The topological polar surface area (TPSA) is 20.3 Å². The fourth-order valence-electron chi connectivity index (χ4n) is 2.60. The third-order valence-electron chi connectivity index (χ3n) is 3.63. The summed E-state index contributed by atoms with van der Waals surface area (Å²) in [4.78, 5) is 16.0. The maximum Gasteiger partial charge on any atom is 0.166 e. The van der Waals surface area contributed by atoms with E-state index >= 15 is 0 Å². The molecule has 2 rings (SSSR count). The number of halogens is 1. The molecule has 112 valence electrons. The van der Waals surface area contributed by atoms with Gasteiger partial charge in [-0.05, 0) is 43.8 Å². The van der Waals surface area contributed by atoms with E-state index in [-0.39, 0.29) is 24.1 Å². The molecule has 20 heavy (non-hydrogen) atoms. The van der Waals surface area contributed by atoms with Crippen LogP contribution in [0.25, 0.3) is 0 Å². The molecule has 4 heteroatoms. The lowest BCUT2D eigenvalue weighted by Crippen LogP contribution is -2.29. The van der Waals surface area contributed by atoms with E-state index in [1.807, 2.05) is 23.9 Å². The molecule has 0 aliphatic carbocycles. The van der Waals surface area contributed by atoms with Crippen molar-refractivity contribution < 1.29 is 4.79 Å². The van der Waals surface area contributed by atoms with Crippen LogP contribution in [0.3, 0.4) is 0 Å². The Labute approximate surface area is 132 Å². The summed E-state index contributed by atoms with van der Waals surface area (Å²) in [7, 11) is 0. The van der Waals surface area contributed by atoms with Gasteiger partial charge in [0.05, 0.1) is 0 Å². The average Bonchev–Trinajstić information content (AvgIpc) is 2.92. The molecule has 0 saturated carbocycles. The van der Waals surface area contributed by atoms with Crippen molar-refractivity contribution in [2.75, 3.05) is 25.4 Å². The zero-order chi connectivity index (χ0) is 13.7. The van der Waals surface area contributed by atoms with Gasteiger partial charge in [0.1, 0.15) is 0 Å². The Morgan fingerprint density at radius 2 is 1.85 bits per heavy atom. The van der Waals surface area contributed by atoms with Crippen LogP contribution in [-0.2, 0) is 0 Å². The minimum atomic E-state index is 0. The molecule has 1 aliphatic heterocycles. The van der Waals surface area contributed by atoms with Crippen molar-refractivity contribution in [3.05, 3.63) is 29.8 Å². The van der Waals surface area contributed by atoms with Gasteiger partial charge < -0.3 is 4.90 Å². The summed E-state index contributed by atoms with van der Waals surface area (Å²) in [5.41, 5.74) is 0.854. The van der Waals surface area contributed by atoms with E-state index in [4.69, 9.17) is 0 Å². The van der Waals surface area contributed by atoms with Crippen molar-refractivity contribution in [3.8, 4) is 0 Å². The molecule has 0 amide bonds. The zero-order valence-corrected chi connectivity index (χ0v) is 13.9. The number of thioether (sulfide) groups is 1. The summed E-state index contributed by atoms with van der Waals surface area (Å²) in [5.74, 6) is 1.45. The van der Waals surface area contributed by atoms with Crippen molar-refractivity contribution >= 4 is 30.0 Å². The number of carbonyl (C=O) groups excluding carboxylic acids is 1. The van der Waals surface area contributed by atoms with Crippen molar-refractivity contribution in [1.29, 1.82) is 0 Å². The number of ketones is 1. The van der Waals surface area contributed by atoms with E-state index in [0.717, 1.165) is 31.0 Å². The number of hydrogen-bond acceptors (Lipinski definition) is 3. The first-order valence-electron chi connectivity index (χ1n) is 7.20. The number of hydrogen-bond donors (Lipinski definition) is 0. The summed E-state index contributed by atoms with van der Waals surface area (Å²) in [6.45, 7) is 7.41. The first-order chi connectivity index (χ1) is 9.20. The van der Waals surface area contributed by atoms with Crippen LogP contribution in [0.5, 0.6) is 0 Å². The minimum Gasteiger partial charge on any atom is -0.303 e. The first kappa shape index (κ1) is 17.5. The van der Waals surface area contributed by atoms with Gasteiger partial charge in [0.25, 0.3) is 0 Å². The summed E-state index contributed by atoms with van der Waals surface area (Å²) in [5, 5.41) is 0. The van der Waals surface area contributed by atoms with E-state index in [1.165, 1.54) is 17.7 Å². The Kier molecular flexibility index (Phi) is 7.63. The Morgan fingerprint density at radius 3 is 2.40 bits per heavy atom. The smallest absolute Gasteiger partial charge is 0.166 e. The van der Waals surface area contributed by atoms with E-state index in [1.54, 1.807) is 0 Å². The quantitative estimate of drug-likeness (QED) is 0.581. The zero-order valence-electron chi connectivity index (χ0n) is 12.3. The van der Waals surface area contributed by atoms with Crippen LogP contribution in [0.2, 0.25) is 0 Å².